The average molecular weight is 239 g/mol. The molecule has 0 saturated carbocycles. The van der Waals surface area contributed by atoms with Crippen molar-refractivity contribution in [3.05, 3.63) is 6.33 Å². The van der Waals surface area contributed by atoms with E-state index in [0.717, 1.165) is 32.5 Å². The molecule has 0 aromatic carbocycles. The molecule has 6 nitrogen and oxygen atoms in total. The van der Waals surface area contributed by atoms with Crippen molar-refractivity contribution in [1.29, 1.82) is 0 Å². The first-order chi connectivity index (χ1) is 8.29. The lowest BCUT2D eigenvalue weighted by molar-refractivity contribution is 0.198. The highest BCUT2D eigenvalue weighted by Gasteiger charge is 2.06. The monoisotopic (exact) mass is 239 g/mol. The van der Waals surface area contributed by atoms with Gasteiger partial charge in [0, 0.05) is 26.8 Å². The molecule has 96 valence electrons. The molecule has 0 fully saturated rings. The molecule has 0 radical (unpaired) electrons. The minimum absolute atomic E-state index is 0.568. The highest BCUT2D eigenvalue weighted by atomic mass is 16.5. The van der Waals surface area contributed by atoms with Gasteiger partial charge in [0.05, 0.1) is 0 Å². The number of rotatable bonds is 8. The highest BCUT2D eigenvalue weighted by Crippen LogP contribution is 2.21. The van der Waals surface area contributed by atoms with E-state index >= 15 is 0 Å². The van der Waals surface area contributed by atoms with Crippen molar-refractivity contribution in [1.82, 2.24) is 9.97 Å². The van der Waals surface area contributed by atoms with Gasteiger partial charge in [-0.3, -0.25) is 0 Å². The molecular weight excluding hydrogens is 218 g/mol. The molecule has 1 aromatic rings. The normalized spacial score (nSPS) is 10.2. The van der Waals surface area contributed by atoms with Crippen molar-refractivity contribution in [2.24, 2.45) is 0 Å². The van der Waals surface area contributed by atoms with E-state index in [-0.39, 0.29) is 0 Å². The first-order valence-corrected chi connectivity index (χ1v) is 5.86. The third-order valence-electron chi connectivity index (χ3n) is 2.24. The fourth-order valence-electron chi connectivity index (χ4n) is 1.34. The maximum absolute atomic E-state index is 5.96. The van der Waals surface area contributed by atoms with Crippen LogP contribution in [0.3, 0.4) is 0 Å². The summed E-state index contributed by atoms with van der Waals surface area (Å²) in [7, 11) is 1.69. The minimum Gasteiger partial charge on any atom is -0.393 e. The number of methoxy groups -OCH3 is 1. The molecule has 0 aliphatic carbocycles. The summed E-state index contributed by atoms with van der Waals surface area (Å²) in [6.07, 6.45) is 3.45. The van der Waals surface area contributed by atoms with Crippen LogP contribution >= 0.6 is 0 Å². The zero-order valence-electron chi connectivity index (χ0n) is 10.5. The Balaban J connectivity index is 2.53. The van der Waals surface area contributed by atoms with Crippen molar-refractivity contribution >= 4 is 17.3 Å². The quantitative estimate of drug-likeness (QED) is 0.593. The predicted molar refractivity (Wildman–Crippen MR) is 70.2 cm³/mol. The average Bonchev–Trinajstić information content (AvgIpc) is 2.35. The number of anilines is 3. The zero-order valence-corrected chi connectivity index (χ0v) is 10.5. The number of nitrogens with one attached hydrogen (secondary N) is 2. The Hall–Kier alpha value is -1.56. The van der Waals surface area contributed by atoms with Gasteiger partial charge in [0.15, 0.2) is 11.6 Å². The van der Waals surface area contributed by atoms with Gasteiger partial charge < -0.3 is 21.1 Å². The van der Waals surface area contributed by atoms with Crippen LogP contribution in [0.15, 0.2) is 6.33 Å². The number of aromatic nitrogens is 2. The maximum Gasteiger partial charge on any atom is 0.154 e. The topological polar surface area (TPSA) is 85.1 Å². The zero-order chi connectivity index (χ0) is 12.5. The van der Waals surface area contributed by atoms with Gasteiger partial charge in [0.1, 0.15) is 12.0 Å². The van der Waals surface area contributed by atoms with Crippen LogP contribution in [0.25, 0.3) is 0 Å². The van der Waals surface area contributed by atoms with Gasteiger partial charge in [-0.25, -0.2) is 9.97 Å². The number of hydrogen-bond acceptors (Lipinski definition) is 6. The van der Waals surface area contributed by atoms with Gasteiger partial charge >= 0.3 is 0 Å². The van der Waals surface area contributed by atoms with E-state index in [1.54, 1.807) is 7.11 Å². The Morgan fingerprint density at radius 1 is 1.24 bits per heavy atom. The molecule has 1 aromatic heterocycles. The van der Waals surface area contributed by atoms with Crippen LogP contribution in [-0.2, 0) is 4.74 Å². The molecule has 1 heterocycles. The van der Waals surface area contributed by atoms with Crippen LogP contribution < -0.4 is 16.4 Å². The summed E-state index contributed by atoms with van der Waals surface area (Å²) in [5.41, 5.74) is 6.53. The summed E-state index contributed by atoms with van der Waals surface area (Å²) in [5, 5.41) is 6.33. The number of nitrogen functional groups attached to an aromatic ring is 1. The van der Waals surface area contributed by atoms with E-state index in [0.29, 0.717) is 17.3 Å². The summed E-state index contributed by atoms with van der Waals surface area (Å²) < 4.78 is 4.97. The van der Waals surface area contributed by atoms with Crippen LogP contribution in [0.4, 0.5) is 17.3 Å². The van der Waals surface area contributed by atoms with Crippen LogP contribution in [0.2, 0.25) is 0 Å². The van der Waals surface area contributed by atoms with Gasteiger partial charge in [-0.05, 0) is 12.8 Å². The Morgan fingerprint density at radius 3 is 2.47 bits per heavy atom. The second-order valence-electron chi connectivity index (χ2n) is 3.68. The van der Waals surface area contributed by atoms with Gasteiger partial charge in [-0.2, -0.15) is 0 Å². The Labute approximate surface area is 102 Å². The molecule has 17 heavy (non-hydrogen) atoms. The Kier molecular flexibility index (Phi) is 6.09. The lowest BCUT2D eigenvalue weighted by Crippen LogP contribution is -2.11. The second-order valence-corrected chi connectivity index (χ2v) is 3.68. The van der Waals surface area contributed by atoms with Crippen molar-refractivity contribution in [3.8, 4) is 0 Å². The molecule has 0 aliphatic rings. The van der Waals surface area contributed by atoms with E-state index < -0.39 is 0 Å². The molecular formula is C11H21N5O. The van der Waals surface area contributed by atoms with Crippen LogP contribution in [0, 0.1) is 0 Å². The van der Waals surface area contributed by atoms with Crippen molar-refractivity contribution in [2.75, 3.05) is 43.2 Å². The lowest BCUT2D eigenvalue weighted by atomic mass is 10.4. The highest BCUT2D eigenvalue weighted by molar-refractivity contribution is 5.73. The fraction of sp³-hybridized carbons (Fsp3) is 0.636. The molecule has 1 rings (SSSR count). The van der Waals surface area contributed by atoms with Crippen LogP contribution in [0.1, 0.15) is 19.8 Å². The van der Waals surface area contributed by atoms with E-state index in [2.05, 4.69) is 27.5 Å². The molecule has 6 heteroatoms. The summed E-state index contributed by atoms with van der Waals surface area (Å²) in [6, 6.07) is 0. The molecule has 0 amide bonds. The molecule has 0 atom stereocenters. The standard InChI is InChI=1S/C11H21N5O/c1-3-5-13-10-9(12)11(16-8-15-10)14-6-4-7-17-2/h8H,3-7,12H2,1-2H3,(H2,13,14,15,16). The predicted octanol–water partition coefficient (Wildman–Crippen LogP) is 1.33. The molecule has 0 bridgehead atoms. The summed E-state index contributed by atoms with van der Waals surface area (Å²) in [4.78, 5) is 8.23. The Morgan fingerprint density at radius 2 is 1.88 bits per heavy atom. The summed E-state index contributed by atoms with van der Waals surface area (Å²) in [6.45, 7) is 4.44. The fourth-order valence-corrected chi connectivity index (χ4v) is 1.34. The largest absolute Gasteiger partial charge is 0.393 e. The van der Waals surface area contributed by atoms with Crippen molar-refractivity contribution in [2.45, 2.75) is 19.8 Å². The number of ether oxygens (including phenoxy) is 1. The molecule has 0 saturated heterocycles. The molecule has 0 unspecified atom stereocenters. The lowest BCUT2D eigenvalue weighted by Gasteiger charge is -2.11. The third kappa shape index (κ3) is 4.44. The van der Waals surface area contributed by atoms with Crippen molar-refractivity contribution < 1.29 is 4.74 Å². The van der Waals surface area contributed by atoms with Crippen LogP contribution in [-0.4, -0.2) is 36.8 Å². The minimum atomic E-state index is 0.568. The van der Waals surface area contributed by atoms with Gasteiger partial charge in [0.25, 0.3) is 0 Å². The Bertz CT molecular complexity index is 332. The first kappa shape index (κ1) is 13.5. The first-order valence-electron chi connectivity index (χ1n) is 5.86. The molecule has 0 spiro atoms. The van der Waals surface area contributed by atoms with E-state index in [1.807, 2.05) is 0 Å². The smallest absolute Gasteiger partial charge is 0.154 e. The number of nitrogens with two attached hydrogens (primary N) is 1. The van der Waals surface area contributed by atoms with E-state index in [1.165, 1.54) is 6.33 Å². The maximum atomic E-state index is 5.96. The molecule has 4 N–H and O–H groups in total. The second kappa shape index (κ2) is 7.67. The van der Waals surface area contributed by atoms with Crippen LogP contribution in [0.5, 0.6) is 0 Å². The van der Waals surface area contributed by atoms with Gasteiger partial charge in [0.2, 0.25) is 0 Å². The summed E-state index contributed by atoms with van der Waals surface area (Å²) in [5.74, 6) is 1.37. The summed E-state index contributed by atoms with van der Waals surface area (Å²) >= 11 is 0. The number of nitrogens with zero attached hydrogens (tertiary/aromatic N) is 2. The van der Waals surface area contributed by atoms with E-state index in [4.69, 9.17) is 10.5 Å². The third-order valence-corrected chi connectivity index (χ3v) is 2.24. The van der Waals surface area contributed by atoms with Crippen molar-refractivity contribution in [3.63, 3.8) is 0 Å². The SMILES string of the molecule is CCCNc1ncnc(NCCCOC)c1N. The van der Waals surface area contributed by atoms with Gasteiger partial charge in [-0.1, -0.05) is 6.92 Å². The van der Waals surface area contributed by atoms with E-state index in [9.17, 15) is 0 Å². The molecule has 0 aliphatic heterocycles. The van der Waals surface area contributed by atoms with Gasteiger partial charge in [-0.15, -0.1) is 0 Å². The number of hydrogen-bond donors (Lipinski definition) is 3.